The monoisotopic (exact) mass is 172 g/mol. The van der Waals surface area contributed by atoms with Crippen LogP contribution in [0.3, 0.4) is 0 Å². The number of hydrogen-bond acceptors (Lipinski definition) is 4. The number of esters is 1. The Bertz CT molecular complexity index is 161. The van der Waals surface area contributed by atoms with Gasteiger partial charge in [0.2, 0.25) is 0 Å². The molecule has 0 saturated carbocycles. The Morgan fingerprint density at radius 2 is 2.50 bits per heavy atom. The summed E-state index contributed by atoms with van der Waals surface area (Å²) >= 11 is 0. The molecule has 0 radical (unpaired) electrons. The molecule has 1 heterocycles. The summed E-state index contributed by atoms with van der Waals surface area (Å²) in [5, 5.41) is 3.25. The second kappa shape index (κ2) is 4.42. The molecule has 0 aliphatic carbocycles. The lowest BCUT2D eigenvalue weighted by Gasteiger charge is -2.32. The van der Waals surface area contributed by atoms with Crippen molar-refractivity contribution >= 4 is 5.97 Å². The number of carbonyl (C=O) groups is 1. The van der Waals surface area contributed by atoms with E-state index in [-0.39, 0.29) is 5.97 Å². The van der Waals surface area contributed by atoms with Gasteiger partial charge in [-0.05, 0) is 7.05 Å². The molecule has 1 atom stereocenters. The number of methoxy groups -OCH3 is 1. The summed E-state index contributed by atoms with van der Waals surface area (Å²) in [7, 11) is 3.47. The molecule has 0 aromatic carbocycles. The maximum atomic E-state index is 10.9. The lowest BCUT2D eigenvalue weighted by Crippen LogP contribution is -2.50. The quantitative estimate of drug-likeness (QED) is 0.568. The largest absolute Gasteiger partial charge is 0.469 e. The van der Waals surface area contributed by atoms with Crippen LogP contribution in [-0.2, 0) is 9.53 Å². The molecule has 4 nitrogen and oxygen atoms in total. The van der Waals surface area contributed by atoms with Crippen LogP contribution in [0.4, 0.5) is 0 Å². The van der Waals surface area contributed by atoms with Crippen LogP contribution in [0.2, 0.25) is 0 Å². The van der Waals surface area contributed by atoms with Gasteiger partial charge in [0.05, 0.1) is 13.5 Å². The van der Waals surface area contributed by atoms with Crippen molar-refractivity contribution in [2.45, 2.75) is 12.5 Å². The van der Waals surface area contributed by atoms with Gasteiger partial charge in [0.1, 0.15) is 0 Å². The smallest absolute Gasteiger partial charge is 0.307 e. The summed E-state index contributed by atoms with van der Waals surface area (Å²) in [5.41, 5.74) is 0. The predicted octanol–water partition coefficient (Wildman–Crippen LogP) is -0.547. The average Bonchev–Trinajstić information content (AvgIpc) is 2.09. The number of carbonyl (C=O) groups excluding carboxylic acids is 1. The van der Waals surface area contributed by atoms with Gasteiger partial charge in [0.25, 0.3) is 0 Å². The van der Waals surface area contributed by atoms with E-state index in [4.69, 9.17) is 0 Å². The molecule has 1 fully saturated rings. The fraction of sp³-hybridized carbons (Fsp3) is 0.875. The molecule has 1 aliphatic rings. The van der Waals surface area contributed by atoms with Gasteiger partial charge >= 0.3 is 5.97 Å². The Hall–Kier alpha value is -0.610. The van der Waals surface area contributed by atoms with Crippen molar-refractivity contribution in [3.8, 4) is 0 Å². The van der Waals surface area contributed by atoms with E-state index in [2.05, 4.69) is 15.0 Å². The highest BCUT2D eigenvalue weighted by molar-refractivity contribution is 5.69. The third kappa shape index (κ3) is 2.46. The predicted molar refractivity (Wildman–Crippen MR) is 45.9 cm³/mol. The zero-order chi connectivity index (χ0) is 8.97. The molecule has 12 heavy (non-hydrogen) atoms. The van der Waals surface area contributed by atoms with Gasteiger partial charge in [-0.1, -0.05) is 0 Å². The average molecular weight is 172 g/mol. The highest BCUT2D eigenvalue weighted by Gasteiger charge is 2.21. The van der Waals surface area contributed by atoms with Gasteiger partial charge in [-0.2, -0.15) is 0 Å². The zero-order valence-corrected chi connectivity index (χ0v) is 7.67. The lowest BCUT2D eigenvalue weighted by molar-refractivity contribution is -0.142. The number of likely N-dealkylation sites (N-methyl/N-ethyl adjacent to an activating group) is 1. The van der Waals surface area contributed by atoms with Crippen molar-refractivity contribution in [2.75, 3.05) is 33.8 Å². The molecule has 1 saturated heterocycles. The van der Waals surface area contributed by atoms with Crippen LogP contribution in [0.1, 0.15) is 6.42 Å². The van der Waals surface area contributed by atoms with Gasteiger partial charge in [-0.15, -0.1) is 0 Å². The first-order valence-corrected chi connectivity index (χ1v) is 4.22. The Balaban J connectivity index is 2.33. The summed E-state index contributed by atoms with van der Waals surface area (Å²) < 4.78 is 4.61. The first-order chi connectivity index (χ1) is 5.74. The summed E-state index contributed by atoms with van der Waals surface area (Å²) in [6.45, 7) is 2.89. The van der Waals surface area contributed by atoms with Crippen molar-refractivity contribution in [3.05, 3.63) is 0 Å². The highest BCUT2D eigenvalue weighted by atomic mass is 16.5. The minimum Gasteiger partial charge on any atom is -0.469 e. The number of piperazine rings is 1. The molecule has 4 heteroatoms. The van der Waals surface area contributed by atoms with E-state index in [1.807, 2.05) is 7.05 Å². The molecule has 0 bridgehead atoms. The topological polar surface area (TPSA) is 41.6 Å². The summed E-state index contributed by atoms with van der Waals surface area (Å²) in [6, 6.07) is 0.297. The van der Waals surface area contributed by atoms with E-state index in [1.54, 1.807) is 0 Å². The van der Waals surface area contributed by atoms with E-state index >= 15 is 0 Å². The molecule has 0 amide bonds. The SMILES string of the molecule is COC(=O)CC1CNCCN1C. The lowest BCUT2D eigenvalue weighted by atomic mass is 10.1. The molecule has 70 valence electrons. The third-order valence-corrected chi connectivity index (χ3v) is 2.27. The Morgan fingerprint density at radius 3 is 3.08 bits per heavy atom. The molecule has 0 aromatic rings. The van der Waals surface area contributed by atoms with Gasteiger partial charge in [-0.3, -0.25) is 4.79 Å². The van der Waals surface area contributed by atoms with Crippen LogP contribution in [-0.4, -0.2) is 50.7 Å². The normalized spacial score (nSPS) is 25.3. The van der Waals surface area contributed by atoms with Gasteiger partial charge in [-0.25, -0.2) is 0 Å². The molecular weight excluding hydrogens is 156 g/mol. The second-order valence-electron chi connectivity index (χ2n) is 3.12. The van der Waals surface area contributed by atoms with Crippen LogP contribution in [0.15, 0.2) is 0 Å². The standard InChI is InChI=1S/C8H16N2O2/c1-10-4-3-9-6-7(10)5-8(11)12-2/h7,9H,3-6H2,1-2H3. The van der Waals surface area contributed by atoms with E-state index in [0.29, 0.717) is 12.5 Å². The fourth-order valence-corrected chi connectivity index (χ4v) is 1.37. The van der Waals surface area contributed by atoms with Crippen molar-refractivity contribution in [3.63, 3.8) is 0 Å². The first-order valence-electron chi connectivity index (χ1n) is 4.22. The second-order valence-corrected chi connectivity index (χ2v) is 3.12. The van der Waals surface area contributed by atoms with Crippen LogP contribution in [0.25, 0.3) is 0 Å². The van der Waals surface area contributed by atoms with Crippen LogP contribution < -0.4 is 5.32 Å². The van der Waals surface area contributed by atoms with Crippen molar-refractivity contribution in [1.82, 2.24) is 10.2 Å². The highest BCUT2D eigenvalue weighted by Crippen LogP contribution is 2.04. The Labute approximate surface area is 72.9 Å². The minimum atomic E-state index is -0.129. The number of ether oxygens (including phenoxy) is 1. The maximum absolute atomic E-state index is 10.9. The number of rotatable bonds is 2. The third-order valence-electron chi connectivity index (χ3n) is 2.27. The molecule has 1 N–H and O–H groups in total. The van der Waals surface area contributed by atoms with E-state index in [9.17, 15) is 4.79 Å². The van der Waals surface area contributed by atoms with Crippen molar-refractivity contribution in [1.29, 1.82) is 0 Å². The molecule has 1 unspecified atom stereocenters. The van der Waals surface area contributed by atoms with Crippen molar-refractivity contribution < 1.29 is 9.53 Å². The molecule has 0 aromatic heterocycles. The summed E-state index contributed by atoms with van der Waals surface area (Å²) in [5.74, 6) is -0.129. The van der Waals surface area contributed by atoms with E-state index in [0.717, 1.165) is 19.6 Å². The van der Waals surface area contributed by atoms with Crippen LogP contribution in [0, 0.1) is 0 Å². The molecule has 1 aliphatic heterocycles. The molecular formula is C8H16N2O2. The first kappa shape index (κ1) is 9.48. The minimum absolute atomic E-state index is 0.129. The van der Waals surface area contributed by atoms with E-state index in [1.165, 1.54) is 7.11 Å². The van der Waals surface area contributed by atoms with Crippen LogP contribution in [0.5, 0.6) is 0 Å². The van der Waals surface area contributed by atoms with Gasteiger partial charge in [0.15, 0.2) is 0 Å². The number of nitrogens with zero attached hydrogens (tertiary/aromatic N) is 1. The number of nitrogens with one attached hydrogen (secondary N) is 1. The summed E-state index contributed by atoms with van der Waals surface area (Å²) in [4.78, 5) is 13.1. The zero-order valence-electron chi connectivity index (χ0n) is 7.67. The Morgan fingerprint density at radius 1 is 1.75 bits per heavy atom. The fourth-order valence-electron chi connectivity index (χ4n) is 1.37. The van der Waals surface area contributed by atoms with E-state index < -0.39 is 0 Å². The van der Waals surface area contributed by atoms with Crippen LogP contribution >= 0.6 is 0 Å². The van der Waals surface area contributed by atoms with Gasteiger partial charge < -0.3 is 15.0 Å². The molecule has 1 rings (SSSR count). The molecule has 0 spiro atoms. The Kier molecular flexibility index (Phi) is 3.49. The number of hydrogen-bond donors (Lipinski definition) is 1. The van der Waals surface area contributed by atoms with Gasteiger partial charge in [0, 0.05) is 25.7 Å². The van der Waals surface area contributed by atoms with Crippen molar-refractivity contribution in [2.24, 2.45) is 0 Å². The summed E-state index contributed by atoms with van der Waals surface area (Å²) in [6.07, 6.45) is 0.486. The maximum Gasteiger partial charge on any atom is 0.307 e.